The predicted molar refractivity (Wildman–Crippen MR) is 136 cm³/mol. The number of hydrogen-bond donors (Lipinski definition) is 2. The first kappa shape index (κ1) is 26.4. The van der Waals surface area contributed by atoms with Crippen LogP contribution in [0.4, 0.5) is 5.69 Å². The fourth-order valence-corrected chi connectivity index (χ4v) is 7.48. The third-order valence-corrected chi connectivity index (χ3v) is 9.42. The van der Waals surface area contributed by atoms with E-state index in [1.807, 2.05) is 46.8 Å². The standard InChI is InChI=1S/C27H37NO4.C2H6/c1-16-5-6-17(2)22(15-16)28-25(32)21-9-8-19-18-7-10-23(29)27(4,14-12-24(30)31)20(18)11-13-26(19,21)3;1-2/h5-6,15,18-21H,7-14H2,1-4H3,(H,28,32)(H,30,31);1-2H3. The summed E-state index contributed by atoms with van der Waals surface area (Å²) in [6.07, 6.45) is 5.66. The lowest BCUT2D eigenvalue weighted by molar-refractivity contribution is -0.149. The number of carboxylic acids is 1. The molecular weight excluding hydrogens is 426 g/mol. The van der Waals surface area contributed by atoms with E-state index in [0.717, 1.165) is 48.9 Å². The van der Waals surface area contributed by atoms with Gasteiger partial charge in [-0.15, -0.1) is 0 Å². The van der Waals surface area contributed by atoms with Crippen LogP contribution in [0.15, 0.2) is 18.2 Å². The van der Waals surface area contributed by atoms with Crippen molar-refractivity contribution in [1.29, 1.82) is 0 Å². The molecule has 0 bridgehead atoms. The Morgan fingerprint density at radius 3 is 2.44 bits per heavy atom. The first-order chi connectivity index (χ1) is 16.1. The summed E-state index contributed by atoms with van der Waals surface area (Å²) in [5.41, 5.74) is 2.51. The van der Waals surface area contributed by atoms with Gasteiger partial charge in [0.05, 0.1) is 0 Å². The number of carbonyl (C=O) groups is 3. The van der Waals surface area contributed by atoms with Crippen molar-refractivity contribution in [2.75, 3.05) is 5.32 Å². The number of carbonyl (C=O) groups excluding carboxylic acids is 2. The van der Waals surface area contributed by atoms with Gasteiger partial charge in [0.25, 0.3) is 0 Å². The summed E-state index contributed by atoms with van der Waals surface area (Å²) in [4.78, 5) is 37.6. The van der Waals surface area contributed by atoms with Crippen LogP contribution in [0.1, 0.15) is 90.2 Å². The zero-order valence-corrected chi connectivity index (χ0v) is 21.9. The number of hydrogen-bond acceptors (Lipinski definition) is 3. The number of ketones is 1. The summed E-state index contributed by atoms with van der Waals surface area (Å²) in [5, 5.41) is 12.5. The number of carboxylic acid groups (broad SMARTS) is 1. The largest absolute Gasteiger partial charge is 0.481 e. The van der Waals surface area contributed by atoms with Gasteiger partial charge in [0.2, 0.25) is 5.91 Å². The van der Waals surface area contributed by atoms with Crippen LogP contribution in [0.25, 0.3) is 0 Å². The van der Waals surface area contributed by atoms with E-state index in [2.05, 4.69) is 18.3 Å². The maximum absolute atomic E-state index is 13.4. The Hall–Kier alpha value is -2.17. The smallest absolute Gasteiger partial charge is 0.303 e. The van der Waals surface area contributed by atoms with Crippen LogP contribution in [0.5, 0.6) is 0 Å². The molecule has 3 aliphatic carbocycles. The van der Waals surface area contributed by atoms with Crippen molar-refractivity contribution in [3.8, 4) is 0 Å². The Labute approximate surface area is 205 Å². The molecule has 1 aromatic carbocycles. The van der Waals surface area contributed by atoms with Gasteiger partial charge in [0, 0.05) is 29.9 Å². The van der Waals surface area contributed by atoms with Crippen molar-refractivity contribution in [3.05, 3.63) is 29.3 Å². The van der Waals surface area contributed by atoms with Crippen molar-refractivity contribution < 1.29 is 19.5 Å². The van der Waals surface area contributed by atoms with Crippen LogP contribution in [0.2, 0.25) is 0 Å². The molecule has 5 nitrogen and oxygen atoms in total. The van der Waals surface area contributed by atoms with Crippen molar-refractivity contribution in [2.24, 2.45) is 34.5 Å². The molecule has 3 fully saturated rings. The van der Waals surface area contributed by atoms with Crippen LogP contribution >= 0.6 is 0 Å². The molecule has 0 aromatic heterocycles. The third kappa shape index (κ3) is 4.67. The molecule has 1 aromatic rings. The molecule has 3 aliphatic rings. The molecule has 1 amide bonds. The van der Waals surface area contributed by atoms with Gasteiger partial charge in [0.15, 0.2) is 0 Å². The molecule has 0 heterocycles. The number of amides is 1. The van der Waals surface area contributed by atoms with E-state index in [0.29, 0.717) is 24.7 Å². The minimum atomic E-state index is -0.828. The van der Waals surface area contributed by atoms with E-state index in [-0.39, 0.29) is 35.4 Å². The van der Waals surface area contributed by atoms with Gasteiger partial charge in [-0.1, -0.05) is 39.8 Å². The van der Waals surface area contributed by atoms with Crippen LogP contribution in [-0.2, 0) is 14.4 Å². The quantitative estimate of drug-likeness (QED) is 0.511. The fraction of sp³-hybridized carbons (Fsp3) is 0.690. The molecule has 188 valence electrons. The molecule has 5 heteroatoms. The minimum Gasteiger partial charge on any atom is -0.481 e. The Bertz CT molecular complexity index is 940. The van der Waals surface area contributed by atoms with Gasteiger partial charge >= 0.3 is 5.97 Å². The third-order valence-electron chi connectivity index (χ3n) is 9.42. The summed E-state index contributed by atoms with van der Waals surface area (Å²) in [6.45, 7) is 12.4. The second kappa shape index (κ2) is 10.2. The van der Waals surface area contributed by atoms with Crippen molar-refractivity contribution in [1.82, 2.24) is 0 Å². The monoisotopic (exact) mass is 469 g/mol. The Balaban J connectivity index is 0.00000158. The highest BCUT2D eigenvalue weighted by atomic mass is 16.4. The number of rotatable bonds is 5. The Morgan fingerprint density at radius 1 is 1.06 bits per heavy atom. The van der Waals surface area contributed by atoms with Crippen LogP contribution < -0.4 is 5.32 Å². The highest BCUT2D eigenvalue weighted by Gasteiger charge is 2.60. The van der Waals surface area contributed by atoms with E-state index in [1.54, 1.807) is 0 Å². The number of benzene rings is 1. The zero-order valence-electron chi connectivity index (χ0n) is 21.9. The van der Waals surface area contributed by atoms with E-state index in [4.69, 9.17) is 0 Å². The Morgan fingerprint density at radius 2 is 1.76 bits per heavy atom. The number of aliphatic carboxylic acids is 1. The lowest BCUT2D eigenvalue weighted by Crippen LogP contribution is -2.53. The number of Topliss-reactive ketones (excluding diaryl/α,β-unsaturated/α-hetero) is 1. The highest BCUT2D eigenvalue weighted by molar-refractivity contribution is 5.94. The summed E-state index contributed by atoms with van der Waals surface area (Å²) >= 11 is 0. The van der Waals surface area contributed by atoms with E-state index >= 15 is 0 Å². The van der Waals surface area contributed by atoms with Gasteiger partial charge in [-0.3, -0.25) is 14.4 Å². The predicted octanol–water partition coefficient (Wildman–Crippen LogP) is 6.56. The maximum Gasteiger partial charge on any atom is 0.303 e. The molecule has 0 saturated heterocycles. The average Bonchev–Trinajstić information content (AvgIpc) is 3.16. The van der Waals surface area contributed by atoms with E-state index in [1.165, 1.54) is 0 Å². The molecule has 0 radical (unpaired) electrons. The van der Waals surface area contributed by atoms with Crippen molar-refractivity contribution in [2.45, 2.75) is 92.9 Å². The van der Waals surface area contributed by atoms with Gasteiger partial charge in [0.1, 0.15) is 5.78 Å². The molecule has 0 aliphatic heterocycles. The Kier molecular flexibility index (Phi) is 7.94. The van der Waals surface area contributed by atoms with Gasteiger partial charge in [-0.2, -0.15) is 0 Å². The lowest BCUT2D eigenvalue weighted by Gasteiger charge is -2.55. The number of anilines is 1. The molecule has 3 saturated carbocycles. The van der Waals surface area contributed by atoms with Gasteiger partial charge in [-0.05, 0) is 92.7 Å². The molecule has 0 spiro atoms. The topological polar surface area (TPSA) is 83.5 Å². The van der Waals surface area contributed by atoms with Gasteiger partial charge in [-0.25, -0.2) is 0 Å². The van der Waals surface area contributed by atoms with Crippen LogP contribution in [0.3, 0.4) is 0 Å². The van der Waals surface area contributed by atoms with Crippen LogP contribution in [-0.4, -0.2) is 22.8 Å². The normalized spacial score (nSPS) is 34.4. The fourth-order valence-electron chi connectivity index (χ4n) is 7.48. The summed E-state index contributed by atoms with van der Waals surface area (Å²) in [6, 6.07) is 6.15. The number of fused-ring (bicyclic) bond motifs is 3. The van der Waals surface area contributed by atoms with Crippen LogP contribution in [0, 0.1) is 48.3 Å². The highest BCUT2D eigenvalue weighted by Crippen LogP contribution is 2.64. The average molecular weight is 470 g/mol. The van der Waals surface area contributed by atoms with E-state index in [9.17, 15) is 19.5 Å². The SMILES string of the molecule is CC.Cc1ccc(C)c(NC(=O)C2CCC3C4CCC(=O)C(C)(CCC(=O)O)C4CCC23C)c1. The van der Waals surface area contributed by atoms with Crippen molar-refractivity contribution >= 4 is 23.3 Å². The van der Waals surface area contributed by atoms with E-state index < -0.39 is 11.4 Å². The van der Waals surface area contributed by atoms with Gasteiger partial charge < -0.3 is 10.4 Å². The first-order valence-electron chi connectivity index (χ1n) is 13.2. The number of aryl methyl sites for hydroxylation is 2. The minimum absolute atomic E-state index is 0.0173. The second-order valence-electron chi connectivity index (χ2n) is 11.1. The molecule has 6 atom stereocenters. The summed E-state index contributed by atoms with van der Waals surface area (Å²) in [7, 11) is 0. The number of nitrogens with one attached hydrogen (secondary N) is 1. The maximum atomic E-state index is 13.4. The second-order valence-corrected chi connectivity index (χ2v) is 11.1. The first-order valence-corrected chi connectivity index (χ1v) is 13.2. The molecule has 2 N–H and O–H groups in total. The molecular formula is C29H43NO4. The summed E-state index contributed by atoms with van der Waals surface area (Å²) < 4.78 is 0. The van der Waals surface area contributed by atoms with Crippen molar-refractivity contribution in [3.63, 3.8) is 0 Å². The molecule has 34 heavy (non-hydrogen) atoms. The molecule has 4 rings (SSSR count). The zero-order chi connectivity index (χ0) is 25.3. The summed E-state index contributed by atoms with van der Waals surface area (Å²) in [5.74, 6) is 0.592. The molecule has 6 unspecified atom stereocenters. The lowest BCUT2D eigenvalue weighted by atomic mass is 9.48.